The average Bonchev–Trinajstić information content (AvgIpc) is 2.60. The average molecular weight is 440 g/mol. The maximum Gasteiger partial charge on any atom is 1.00 e. The number of aryl methyl sites for hydroxylation is 1. The second-order valence-electron chi connectivity index (χ2n) is 6.23. The number of rotatable bonds is 5. The van der Waals surface area contributed by atoms with Crippen LogP contribution < -0.4 is 39.9 Å². The zero-order valence-corrected chi connectivity index (χ0v) is 18.2. The standard InChI is InChI=1S/C16H18O11S.Na/c1-7-4-12(17)26-10-5-8(2-3-9(7)10)25-16-15(20)14(19)13(18)11(27-16)6-24-28(21,22)23;/h2-5,11,13-16,18-20H,6H2,1H3,(H,21,22,23);/q;+1/p-1/t11-,13+,14+,15-,16-;/m0./s1. The summed E-state index contributed by atoms with van der Waals surface area (Å²) in [5, 5.41) is 30.5. The van der Waals surface area contributed by atoms with Crippen molar-refractivity contribution < 1.29 is 75.9 Å². The SMILES string of the molecule is Cc1cc(=O)oc2cc(O[C@H]3O[C@@H](COS(=O)(=O)[O-])[C@@H](O)[C@@H](O)[C@@H]3O)ccc12.[Na+]. The van der Waals surface area contributed by atoms with Crippen LogP contribution in [0.15, 0.2) is 33.5 Å². The van der Waals surface area contributed by atoms with Crippen LogP contribution in [0.2, 0.25) is 0 Å². The van der Waals surface area contributed by atoms with Crippen LogP contribution in [-0.2, 0) is 19.3 Å². The van der Waals surface area contributed by atoms with E-state index in [4.69, 9.17) is 13.9 Å². The number of aliphatic hydroxyl groups is 3. The van der Waals surface area contributed by atoms with E-state index in [0.29, 0.717) is 10.9 Å². The molecule has 1 aromatic heterocycles. The van der Waals surface area contributed by atoms with Crippen LogP contribution in [0, 0.1) is 6.92 Å². The molecular weight excluding hydrogens is 423 g/mol. The van der Waals surface area contributed by atoms with Crippen LogP contribution >= 0.6 is 0 Å². The number of hydrogen-bond donors (Lipinski definition) is 3. The molecule has 0 bridgehead atoms. The Morgan fingerprint density at radius 1 is 1.14 bits per heavy atom. The number of fused-ring (bicyclic) bond motifs is 1. The molecule has 3 N–H and O–H groups in total. The van der Waals surface area contributed by atoms with E-state index in [1.807, 2.05) is 0 Å². The molecule has 0 aliphatic carbocycles. The third kappa shape index (κ3) is 5.76. The van der Waals surface area contributed by atoms with Crippen molar-refractivity contribution in [1.29, 1.82) is 0 Å². The summed E-state index contributed by atoms with van der Waals surface area (Å²) in [7, 11) is -5.05. The molecule has 3 rings (SSSR count). The Labute approximate surface area is 187 Å². The van der Waals surface area contributed by atoms with Gasteiger partial charge in [0.1, 0.15) is 35.7 Å². The first-order chi connectivity index (χ1) is 13.0. The molecule has 0 unspecified atom stereocenters. The molecule has 11 nitrogen and oxygen atoms in total. The largest absolute Gasteiger partial charge is 1.00 e. The first kappa shape index (κ1) is 24.2. The summed E-state index contributed by atoms with van der Waals surface area (Å²) >= 11 is 0. The fraction of sp³-hybridized carbons (Fsp3) is 0.438. The maximum absolute atomic E-state index is 11.5. The van der Waals surface area contributed by atoms with Gasteiger partial charge in [-0.05, 0) is 24.6 Å². The van der Waals surface area contributed by atoms with E-state index in [2.05, 4.69) is 4.18 Å². The van der Waals surface area contributed by atoms with E-state index in [9.17, 15) is 33.1 Å². The van der Waals surface area contributed by atoms with E-state index in [1.165, 1.54) is 18.2 Å². The second-order valence-corrected chi connectivity index (χ2v) is 7.28. The monoisotopic (exact) mass is 440 g/mol. The Hall–Kier alpha value is -1.06. The molecule has 0 radical (unpaired) electrons. The molecule has 0 spiro atoms. The molecule has 1 aliphatic rings. The summed E-state index contributed by atoms with van der Waals surface area (Å²) < 4.78 is 51.6. The van der Waals surface area contributed by atoms with Gasteiger partial charge in [-0.3, -0.25) is 4.18 Å². The summed E-state index contributed by atoms with van der Waals surface area (Å²) in [5.74, 6) is 0.102. The van der Waals surface area contributed by atoms with E-state index in [-0.39, 0.29) is 40.9 Å². The van der Waals surface area contributed by atoms with Crippen molar-refractivity contribution in [3.05, 3.63) is 40.2 Å². The molecular formula is C16H17NaO11S. The van der Waals surface area contributed by atoms with Crippen molar-refractivity contribution in [2.45, 2.75) is 37.6 Å². The minimum Gasteiger partial charge on any atom is -0.726 e. The summed E-state index contributed by atoms with van der Waals surface area (Å²) in [4.78, 5) is 11.5. The smallest absolute Gasteiger partial charge is 0.726 e. The Morgan fingerprint density at radius 2 is 1.83 bits per heavy atom. The van der Waals surface area contributed by atoms with E-state index in [0.717, 1.165) is 0 Å². The molecule has 2 heterocycles. The molecule has 13 heteroatoms. The van der Waals surface area contributed by atoms with Gasteiger partial charge in [0.25, 0.3) is 0 Å². The number of aliphatic hydroxyl groups excluding tert-OH is 3. The van der Waals surface area contributed by atoms with Gasteiger partial charge in [-0.1, -0.05) is 0 Å². The van der Waals surface area contributed by atoms with Gasteiger partial charge in [-0.2, -0.15) is 0 Å². The Bertz CT molecular complexity index is 1020. The topological polar surface area (TPSA) is 176 Å². The minimum absolute atomic E-state index is 0. The fourth-order valence-electron chi connectivity index (χ4n) is 2.81. The van der Waals surface area contributed by atoms with Gasteiger partial charge in [-0.15, -0.1) is 0 Å². The molecule has 29 heavy (non-hydrogen) atoms. The zero-order valence-electron chi connectivity index (χ0n) is 15.4. The molecule has 1 aliphatic heterocycles. The summed E-state index contributed by atoms with van der Waals surface area (Å²) in [6.07, 6.45) is -8.19. The molecule has 0 saturated carbocycles. The molecule has 1 fully saturated rings. The van der Waals surface area contributed by atoms with Crippen molar-refractivity contribution in [3.63, 3.8) is 0 Å². The Kier molecular flexibility index (Phi) is 7.84. The number of benzene rings is 1. The van der Waals surface area contributed by atoms with E-state index in [1.54, 1.807) is 13.0 Å². The van der Waals surface area contributed by atoms with Crippen molar-refractivity contribution in [3.8, 4) is 5.75 Å². The third-order valence-corrected chi connectivity index (χ3v) is 4.64. The van der Waals surface area contributed by atoms with Crippen LogP contribution in [0.5, 0.6) is 5.75 Å². The first-order valence-electron chi connectivity index (χ1n) is 8.06. The third-order valence-electron chi connectivity index (χ3n) is 4.22. The van der Waals surface area contributed by atoms with Crippen molar-refractivity contribution in [2.75, 3.05) is 6.61 Å². The Balaban J connectivity index is 0.00000300. The van der Waals surface area contributed by atoms with Gasteiger partial charge in [0.05, 0.1) is 6.61 Å². The van der Waals surface area contributed by atoms with Crippen LogP contribution in [0.4, 0.5) is 0 Å². The summed E-state index contributed by atoms with van der Waals surface area (Å²) in [6, 6.07) is 5.79. The van der Waals surface area contributed by atoms with Gasteiger partial charge in [0.2, 0.25) is 16.7 Å². The molecule has 0 amide bonds. The fourth-order valence-corrected chi connectivity index (χ4v) is 3.12. The molecule has 5 atom stereocenters. The van der Waals surface area contributed by atoms with Gasteiger partial charge < -0.3 is 33.8 Å². The van der Waals surface area contributed by atoms with Crippen LogP contribution in [-0.4, -0.2) is 65.6 Å². The van der Waals surface area contributed by atoms with Crippen LogP contribution in [0.3, 0.4) is 0 Å². The molecule has 1 aromatic carbocycles. The van der Waals surface area contributed by atoms with Gasteiger partial charge in [-0.25, -0.2) is 13.2 Å². The van der Waals surface area contributed by atoms with Crippen LogP contribution in [0.25, 0.3) is 11.0 Å². The maximum atomic E-state index is 11.5. The zero-order chi connectivity index (χ0) is 20.6. The number of hydrogen-bond acceptors (Lipinski definition) is 11. The van der Waals surface area contributed by atoms with Crippen molar-refractivity contribution in [2.24, 2.45) is 0 Å². The molecule has 154 valence electrons. The van der Waals surface area contributed by atoms with Crippen molar-refractivity contribution >= 4 is 21.4 Å². The quantitative estimate of drug-likeness (QED) is 0.178. The van der Waals surface area contributed by atoms with Gasteiger partial charge >= 0.3 is 35.2 Å². The summed E-state index contributed by atoms with van der Waals surface area (Å²) in [6.45, 7) is 0.836. The predicted molar refractivity (Wildman–Crippen MR) is 90.2 cm³/mol. The first-order valence-corrected chi connectivity index (χ1v) is 9.39. The van der Waals surface area contributed by atoms with Crippen LogP contribution in [0.1, 0.15) is 5.56 Å². The Morgan fingerprint density at radius 3 is 2.48 bits per heavy atom. The van der Waals surface area contributed by atoms with E-state index < -0.39 is 53.3 Å². The summed E-state index contributed by atoms with van der Waals surface area (Å²) in [5.41, 5.74) is 0.331. The minimum atomic E-state index is -5.05. The second kappa shape index (κ2) is 9.39. The van der Waals surface area contributed by atoms with Gasteiger partial charge in [0.15, 0.2) is 0 Å². The number of ether oxygens (including phenoxy) is 2. The predicted octanol–water partition coefficient (Wildman–Crippen LogP) is -4.23. The molecule has 2 aromatic rings. The molecule has 1 saturated heterocycles. The normalized spacial score (nSPS) is 27.4. The van der Waals surface area contributed by atoms with Crippen molar-refractivity contribution in [1.82, 2.24) is 0 Å². The van der Waals surface area contributed by atoms with Gasteiger partial charge in [0, 0.05) is 17.5 Å². The van der Waals surface area contributed by atoms with E-state index >= 15 is 0 Å².